The highest BCUT2D eigenvalue weighted by Crippen LogP contribution is 2.16. The molecule has 6 heteroatoms. The summed E-state index contributed by atoms with van der Waals surface area (Å²) in [6.07, 6.45) is 8.37. The van der Waals surface area contributed by atoms with Crippen molar-refractivity contribution in [3.63, 3.8) is 0 Å². The van der Waals surface area contributed by atoms with Crippen molar-refractivity contribution in [1.29, 1.82) is 0 Å². The first-order chi connectivity index (χ1) is 9.28. The molecule has 0 atom stereocenters. The molecule has 5 nitrogen and oxygen atoms in total. The van der Waals surface area contributed by atoms with E-state index in [0.29, 0.717) is 18.0 Å². The van der Waals surface area contributed by atoms with Crippen molar-refractivity contribution in [1.82, 2.24) is 15.2 Å². The molecule has 0 saturated carbocycles. The summed E-state index contributed by atoms with van der Waals surface area (Å²) in [6.45, 7) is 0. The van der Waals surface area contributed by atoms with Gasteiger partial charge in [0.15, 0.2) is 0 Å². The minimum atomic E-state index is -0.154. The van der Waals surface area contributed by atoms with Gasteiger partial charge in [0.25, 0.3) is 0 Å². The third-order valence-corrected chi connectivity index (χ3v) is 3.16. The fourth-order valence-corrected chi connectivity index (χ4v) is 2.17. The molecule has 2 rings (SSSR count). The second kappa shape index (κ2) is 6.61. The van der Waals surface area contributed by atoms with Gasteiger partial charge in [-0.15, -0.1) is 22.5 Å². The summed E-state index contributed by atoms with van der Waals surface area (Å²) < 4.78 is 0. The molecule has 2 aromatic rings. The monoisotopic (exact) mass is 272 g/mol. The Labute approximate surface area is 115 Å². The van der Waals surface area contributed by atoms with Gasteiger partial charge in [-0.1, -0.05) is 17.4 Å². The Balaban J connectivity index is 1.89. The van der Waals surface area contributed by atoms with Gasteiger partial charge in [0.1, 0.15) is 5.01 Å². The van der Waals surface area contributed by atoms with Crippen LogP contribution in [0.2, 0.25) is 0 Å². The van der Waals surface area contributed by atoms with Crippen LogP contribution < -0.4 is 5.32 Å². The summed E-state index contributed by atoms with van der Waals surface area (Å²) in [6, 6.07) is 5.46. The van der Waals surface area contributed by atoms with E-state index in [0.717, 1.165) is 10.7 Å². The minimum absolute atomic E-state index is 0.154. The molecule has 2 aromatic heterocycles. The van der Waals surface area contributed by atoms with Gasteiger partial charge in [-0.2, -0.15) is 0 Å². The number of anilines is 1. The number of terminal acetylenes is 1. The number of aryl methyl sites for hydroxylation is 1. The molecular formula is C13H12N4OS. The van der Waals surface area contributed by atoms with E-state index in [1.165, 1.54) is 11.3 Å². The molecule has 1 N–H and O–H groups in total. The molecule has 0 bridgehead atoms. The number of carbonyl (C=O) groups excluding carboxylic acids is 1. The van der Waals surface area contributed by atoms with E-state index in [2.05, 4.69) is 26.4 Å². The summed E-state index contributed by atoms with van der Waals surface area (Å²) in [5, 5.41) is 11.9. The van der Waals surface area contributed by atoms with Crippen LogP contribution in [-0.4, -0.2) is 21.1 Å². The van der Waals surface area contributed by atoms with Crippen molar-refractivity contribution in [3.8, 4) is 12.3 Å². The lowest BCUT2D eigenvalue weighted by Gasteiger charge is -1.99. The van der Waals surface area contributed by atoms with Crippen LogP contribution in [0, 0.1) is 12.3 Å². The lowest BCUT2D eigenvalue weighted by atomic mass is 10.2. The zero-order valence-corrected chi connectivity index (χ0v) is 11.0. The first kappa shape index (κ1) is 13.2. The number of carbonyl (C=O) groups is 1. The lowest BCUT2D eigenvalue weighted by Crippen LogP contribution is -2.14. The highest BCUT2D eigenvalue weighted by Gasteiger charge is 2.09. The molecule has 1 amide bonds. The number of hydrogen-bond acceptors (Lipinski definition) is 5. The summed E-state index contributed by atoms with van der Waals surface area (Å²) in [7, 11) is 0. The van der Waals surface area contributed by atoms with Crippen molar-refractivity contribution in [2.24, 2.45) is 0 Å². The van der Waals surface area contributed by atoms with E-state index in [4.69, 9.17) is 6.42 Å². The summed E-state index contributed by atoms with van der Waals surface area (Å²) in [5.74, 6) is 2.39. The molecule has 2 heterocycles. The number of rotatable bonds is 5. The lowest BCUT2D eigenvalue weighted by molar-refractivity contribution is -0.115. The molecule has 19 heavy (non-hydrogen) atoms. The summed E-state index contributed by atoms with van der Waals surface area (Å²) in [4.78, 5) is 15.9. The Morgan fingerprint density at radius 1 is 1.42 bits per heavy atom. The smallest absolute Gasteiger partial charge is 0.232 e. The highest BCUT2D eigenvalue weighted by atomic mass is 32.1. The van der Waals surface area contributed by atoms with Gasteiger partial charge in [0, 0.05) is 24.7 Å². The van der Waals surface area contributed by atoms with E-state index in [1.807, 2.05) is 12.1 Å². The van der Waals surface area contributed by atoms with Crippen molar-refractivity contribution in [2.45, 2.75) is 19.3 Å². The van der Waals surface area contributed by atoms with E-state index in [9.17, 15) is 4.79 Å². The Kier molecular flexibility index (Phi) is 4.59. The molecular weight excluding hydrogens is 260 g/mol. The normalized spacial score (nSPS) is 9.84. The minimum Gasteiger partial charge on any atom is -0.300 e. The number of hydrogen-bond donors (Lipinski definition) is 1. The maximum Gasteiger partial charge on any atom is 0.232 e. The molecule has 0 aromatic carbocycles. The first-order valence-corrected chi connectivity index (χ1v) is 6.55. The van der Waals surface area contributed by atoms with Crippen LogP contribution in [0.15, 0.2) is 24.4 Å². The Morgan fingerprint density at radius 3 is 3.05 bits per heavy atom. The van der Waals surface area contributed by atoms with E-state index < -0.39 is 0 Å². The third kappa shape index (κ3) is 4.16. The molecule has 0 aliphatic rings. The van der Waals surface area contributed by atoms with Gasteiger partial charge >= 0.3 is 0 Å². The van der Waals surface area contributed by atoms with Crippen LogP contribution in [-0.2, 0) is 17.6 Å². The van der Waals surface area contributed by atoms with Crippen molar-refractivity contribution in [2.75, 3.05) is 5.32 Å². The molecule has 0 aliphatic heterocycles. The highest BCUT2D eigenvalue weighted by molar-refractivity contribution is 7.15. The SMILES string of the molecule is C#CCCc1nnc(NC(=O)Cc2ccccn2)s1. The zero-order chi connectivity index (χ0) is 13.5. The molecule has 0 unspecified atom stereocenters. The maximum absolute atomic E-state index is 11.8. The number of nitrogens with zero attached hydrogens (tertiary/aromatic N) is 3. The maximum atomic E-state index is 11.8. The zero-order valence-electron chi connectivity index (χ0n) is 10.2. The topological polar surface area (TPSA) is 67.8 Å². The van der Waals surface area contributed by atoms with Crippen molar-refractivity contribution >= 4 is 22.4 Å². The number of nitrogens with one attached hydrogen (secondary N) is 1. The Bertz CT molecular complexity index is 588. The van der Waals surface area contributed by atoms with E-state index in [1.54, 1.807) is 12.3 Å². The van der Waals surface area contributed by atoms with Gasteiger partial charge in [-0.05, 0) is 12.1 Å². The van der Waals surface area contributed by atoms with Gasteiger partial charge in [0.2, 0.25) is 11.0 Å². The standard InChI is InChI=1S/C13H12N4OS/c1-2-3-7-12-16-17-13(19-12)15-11(18)9-10-6-4-5-8-14-10/h1,4-6,8H,3,7,9H2,(H,15,17,18). The fourth-order valence-electron chi connectivity index (χ4n) is 1.41. The molecule has 96 valence electrons. The second-order valence-corrected chi connectivity index (χ2v) is 4.81. The van der Waals surface area contributed by atoms with Crippen LogP contribution in [0.5, 0.6) is 0 Å². The number of amides is 1. The van der Waals surface area contributed by atoms with Gasteiger partial charge < -0.3 is 5.32 Å². The van der Waals surface area contributed by atoms with E-state index in [-0.39, 0.29) is 12.3 Å². The van der Waals surface area contributed by atoms with Gasteiger partial charge in [-0.3, -0.25) is 9.78 Å². The van der Waals surface area contributed by atoms with Gasteiger partial charge in [0.05, 0.1) is 6.42 Å². The molecule has 0 fully saturated rings. The average molecular weight is 272 g/mol. The largest absolute Gasteiger partial charge is 0.300 e. The number of aromatic nitrogens is 3. The van der Waals surface area contributed by atoms with Crippen LogP contribution in [0.1, 0.15) is 17.1 Å². The van der Waals surface area contributed by atoms with Gasteiger partial charge in [-0.25, -0.2) is 0 Å². The Morgan fingerprint density at radius 2 is 2.32 bits per heavy atom. The predicted molar refractivity (Wildman–Crippen MR) is 73.6 cm³/mol. The van der Waals surface area contributed by atoms with E-state index >= 15 is 0 Å². The Hall–Kier alpha value is -2.26. The van der Waals surface area contributed by atoms with Crippen LogP contribution in [0.25, 0.3) is 0 Å². The molecule has 0 saturated heterocycles. The third-order valence-electron chi connectivity index (χ3n) is 2.26. The second-order valence-electron chi connectivity index (χ2n) is 3.75. The summed E-state index contributed by atoms with van der Waals surface area (Å²) in [5.41, 5.74) is 0.720. The average Bonchev–Trinajstić information content (AvgIpc) is 2.85. The van der Waals surface area contributed by atoms with Crippen molar-refractivity contribution in [3.05, 3.63) is 35.1 Å². The van der Waals surface area contributed by atoms with Crippen molar-refractivity contribution < 1.29 is 4.79 Å². The molecule has 0 spiro atoms. The fraction of sp³-hybridized carbons (Fsp3) is 0.231. The van der Waals surface area contributed by atoms with Crippen LogP contribution in [0.4, 0.5) is 5.13 Å². The van der Waals surface area contributed by atoms with Crippen LogP contribution >= 0.6 is 11.3 Å². The molecule has 0 radical (unpaired) electrons. The number of pyridine rings is 1. The first-order valence-electron chi connectivity index (χ1n) is 5.73. The van der Waals surface area contributed by atoms with Crippen LogP contribution in [0.3, 0.4) is 0 Å². The molecule has 0 aliphatic carbocycles. The quantitative estimate of drug-likeness (QED) is 0.841. The predicted octanol–water partition coefficient (Wildman–Crippen LogP) is 1.68. The summed E-state index contributed by atoms with van der Waals surface area (Å²) >= 11 is 1.34.